The molecule has 0 heterocycles. The summed E-state index contributed by atoms with van der Waals surface area (Å²) in [5.74, 6) is -3.17. The summed E-state index contributed by atoms with van der Waals surface area (Å²) in [5.41, 5.74) is -0.366. The van der Waals surface area contributed by atoms with Gasteiger partial charge in [0, 0.05) is 0 Å². The number of carboxylic acid groups (broad SMARTS) is 1. The zero-order chi connectivity index (χ0) is 13.2. The highest BCUT2D eigenvalue weighted by atomic mass is 19.4. The van der Waals surface area contributed by atoms with E-state index >= 15 is 0 Å². The molecule has 0 aliphatic heterocycles. The summed E-state index contributed by atoms with van der Waals surface area (Å²) in [5, 5.41) is 8.52. The molecule has 1 unspecified atom stereocenters. The van der Waals surface area contributed by atoms with E-state index < -0.39 is 29.8 Å². The number of alkyl halides is 3. The molecule has 0 saturated carbocycles. The normalized spacial score (nSPS) is 13.2. The summed E-state index contributed by atoms with van der Waals surface area (Å²) < 4.78 is 54.0. The fourth-order valence-corrected chi connectivity index (χ4v) is 0.987. The van der Waals surface area contributed by atoms with Crippen LogP contribution in [0.15, 0.2) is 18.2 Å². The molecule has 1 aromatic carbocycles. The Morgan fingerprint density at radius 3 is 2.41 bits per heavy atom. The van der Waals surface area contributed by atoms with Crippen molar-refractivity contribution in [2.45, 2.75) is 19.2 Å². The molecule has 0 aliphatic carbocycles. The molecule has 1 N–H and O–H groups in total. The monoisotopic (exact) mass is 252 g/mol. The van der Waals surface area contributed by atoms with Crippen LogP contribution in [0, 0.1) is 5.82 Å². The average Bonchev–Trinajstić information content (AvgIpc) is 2.19. The van der Waals surface area contributed by atoms with Gasteiger partial charge in [-0.3, -0.25) is 0 Å². The van der Waals surface area contributed by atoms with Gasteiger partial charge in [0.15, 0.2) is 17.7 Å². The molecule has 0 aromatic heterocycles. The number of halogens is 4. The standard InChI is InChI=1S/C10H8F4O3/c1-5(10(12,13)14)17-8-3-2-6(9(15)16)4-7(8)11/h2-5H,1H3,(H,15,16). The molecule has 17 heavy (non-hydrogen) atoms. The number of aromatic carboxylic acids is 1. The first-order chi connectivity index (χ1) is 7.71. The van der Waals surface area contributed by atoms with E-state index in [9.17, 15) is 22.4 Å². The topological polar surface area (TPSA) is 46.5 Å². The van der Waals surface area contributed by atoms with Gasteiger partial charge in [0.1, 0.15) is 0 Å². The second-order valence-electron chi connectivity index (χ2n) is 3.25. The van der Waals surface area contributed by atoms with Crippen molar-refractivity contribution in [2.24, 2.45) is 0 Å². The third-order valence-corrected chi connectivity index (χ3v) is 1.94. The van der Waals surface area contributed by atoms with Crippen LogP contribution in [0.4, 0.5) is 17.6 Å². The first kappa shape index (κ1) is 13.3. The van der Waals surface area contributed by atoms with Crippen LogP contribution in [-0.4, -0.2) is 23.4 Å². The summed E-state index contributed by atoms with van der Waals surface area (Å²) in [4.78, 5) is 10.5. The van der Waals surface area contributed by atoms with Gasteiger partial charge >= 0.3 is 12.1 Å². The molecule has 0 bridgehead atoms. The zero-order valence-corrected chi connectivity index (χ0v) is 8.58. The van der Waals surface area contributed by atoms with Crippen LogP contribution in [0.25, 0.3) is 0 Å². The van der Waals surface area contributed by atoms with E-state index in [0.717, 1.165) is 19.1 Å². The number of carboxylic acids is 1. The van der Waals surface area contributed by atoms with E-state index in [2.05, 4.69) is 4.74 Å². The number of rotatable bonds is 3. The van der Waals surface area contributed by atoms with Crippen LogP contribution in [0.5, 0.6) is 5.75 Å². The Kier molecular flexibility index (Phi) is 3.59. The van der Waals surface area contributed by atoms with Crippen LogP contribution < -0.4 is 4.74 Å². The third kappa shape index (κ3) is 3.33. The van der Waals surface area contributed by atoms with Gasteiger partial charge in [0.25, 0.3) is 0 Å². The number of benzene rings is 1. The predicted molar refractivity (Wildman–Crippen MR) is 49.5 cm³/mol. The van der Waals surface area contributed by atoms with E-state index in [4.69, 9.17) is 5.11 Å². The van der Waals surface area contributed by atoms with Gasteiger partial charge in [-0.1, -0.05) is 0 Å². The first-order valence-electron chi connectivity index (χ1n) is 4.48. The molecule has 1 aromatic rings. The summed E-state index contributed by atoms with van der Waals surface area (Å²) in [6.07, 6.45) is -6.79. The molecule has 0 radical (unpaired) electrons. The highest BCUT2D eigenvalue weighted by Gasteiger charge is 2.38. The lowest BCUT2D eigenvalue weighted by Crippen LogP contribution is -2.31. The third-order valence-electron chi connectivity index (χ3n) is 1.94. The Bertz CT molecular complexity index is 428. The van der Waals surface area contributed by atoms with Gasteiger partial charge < -0.3 is 9.84 Å². The Morgan fingerprint density at radius 2 is 2.00 bits per heavy atom. The van der Waals surface area contributed by atoms with Gasteiger partial charge in [-0.25, -0.2) is 9.18 Å². The van der Waals surface area contributed by atoms with Crippen molar-refractivity contribution in [1.29, 1.82) is 0 Å². The number of ether oxygens (including phenoxy) is 1. The number of hydrogen-bond acceptors (Lipinski definition) is 2. The first-order valence-corrected chi connectivity index (χ1v) is 4.48. The summed E-state index contributed by atoms with van der Waals surface area (Å²) in [7, 11) is 0. The maximum Gasteiger partial charge on any atom is 0.425 e. The van der Waals surface area contributed by atoms with Crippen LogP contribution in [-0.2, 0) is 0 Å². The molecule has 0 spiro atoms. The number of carbonyl (C=O) groups is 1. The van der Waals surface area contributed by atoms with Crippen LogP contribution in [0.1, 0.15) is 17.3 Å². The van der Waals surface area contributed by atoms with E-state index in [-0.39, 0.29) is 5.56 Å². The minimum atomic E-state index is -4.61. The Hall–Kier alpha value is -1.79. The van der Waals surface area contributed by atoms with Crippen molar-refractivity contribution in [3.63, 3.8) is 0 Å². The van der Waals surface area contributed by atoms with Crippen molar-refractivity contribution in [2.75, 3.05) is 0 Å². The van der Waals surface area contributed by atoms with Gasteiger partial charge in [0.05, 0.1) is 5.56 Å². The second-order valence-corrected chi connectivity index (χ2v) is 3.25. The summed E-state index contributed by atoms with van der Waals surface area (Å²) >= 11 is 0. The van der Waals surface area contributed by atoms with Crippen molar-refractivity contribution in [3.05, 3.63) is 29.6 Å². The SMILES string of the molecule is CC(Oc1ccc(C(=O)O)cc1F)C(F)(F)F. The Balaban J connectivity index is 2.90. The van der Waals surface area contributed by atoms with Crippen LogP contribution in [0.3, 0.4) is 0 Å². The fourth-order valence-electron chi connectivity index (χ4n) is 0.987. The zero-order valence-electron chi connectivity index (χ0n) is 8.58. The minimum absolute atomic E-state index is 0.366. The lowest BCUT2D eigenvalue weighted by molar-refractivity contribution is -0.189. The van der Waals surface area contributed by atoms with E-state index in [1.807, 2.05) is 0 Å². The molecular formula is C10H8F4O3. The molecule has 0 amide bonds. The lowest BCUT2D eigenvalue weighted by atomic mass is 10.2. The lowest BCUT2D eigenvalue weighted by Gasteiger charge is -2.17. The van der Waals surface area contributed by atoms with Crippen LogP contribution >= 0.6 is 0 Å². The van der Waals surface area contributed by atoms with Crippen molar-refractivity contribution >= 4 is 5.97 Å². The fraction of sp³-hybridized carbons (Fsp3) is 0.300. The van der Waals surface area contributed by atoms with E-state index in [0.29, 0.717) is 6.07 Å². The maximum absolute atomic E-state index is 13.2. The molecular weight excluding hydrogens is 244 g/mol. The van der Waals surface area contributed by atoms with E-state index in [1.54, 1.807) is 0 Å². The highest BCUT2D eigenvalue weighted by molar-refractivity contribution is 5.87. The van der Waals surface area contributed by atoms with Gasteiger partial charge in [-0.2, -0.15) is 13.2 Å². The van der Waals surface area contributed by atoms with Crippen molar-refractivity contribution in [1.82, 2.24) is 0 Å². The van der Waals surface area contributed by atoms with Crippen LogP contribution in [0.2, 0.25) is 0 Å². The average molecular weight is 252 g/mol. The quantitative estimate of drug-likeness (QED) is 0.841. The van der Waals surface area contributed by atoms with Gasteiger partial charge in [0.2, 0.25) is 0 Å². The van der Waals surface area contributed by atoms with E-state index in [1.165, 1.54) is 0 Å². The highest BCUT2D eigenvalue weighted by Crippen LogP contribution is 2.26. The minimum Gasteiger partial charge on any atom is -0.478 e. The molecule has 94 valence electrons. The molecule has 1 rings (SSSR count). The Morgan fingerprint density at radius 1 is 1.41 bits per heavy atom. The largest absolute Gasteiger partial charge is 0.478 e. The summed E-state index contributed by atoms with van der Waals surface area (Å²) in [6.45, 7) is 0.727. The summed E-state index contributed by atoms with van der Waals surface area (Å²) in [6, 6.07) is 2.41. The van der Waals surface area contributed by atoms with Gasteiger partial charge in [-0.15, -0.1) is 0 Å². The predicted octanol–water partition coefficient (Wildman–Crippen LogP) is 2.85. The Labute approximate surface area is 93.6 Å². The molecule has 3 nitrogen and oxygen atoms in total. The molecule has 0 saturated heterocycles. The molecule has 0 fully saturated rings. The maximum atomic E-state index is 13.2. The van der Waals surface area contributed by atoms with Crippen molar-refractivity contribution < 1.29 is 32.2 Å². The van der Waals surface area contributed by atoms with Crippen molar-refractivity contribution in [3.8, 4) is 5.75 Å². The van der Waals surface area contributed by atoms with Gasteiger partial charge in [-0.05, 0) is 25.1 Å². The smallest absolute Gasteiger partial charge is 0.425 e. The number of hydrogen-bond donors (Lipinski definition) is 1. The molecule has 1 atom stereocenters. The molecule has 7 heteroatoms. The molecule has 0 aliphatic rings. The second kappa shape index (κ2) is 4.60.